The van der Waals surface area contributed by atoms with Crippen molar-refractivity contribution in [3.05, 3.63) is 57.1 Å². The van der Waals surface area contributed by atoms with E-state index >= 15 is 0 Å². The molecule has 9 heteroatoms. The summed E-state index contributed by atoms with van der Waals surface area (Å²) in [6.45, 7) is 3.54. The summed E-state index contributed by atoms with van der Waals surface area (Å²) in [5.74, 6) is 0.166. The fraction of sp³-hybridized carbons (Fsp3) is 0.391. The minimum Gasteiger partial charge on any atom is -0.479 e. The van der Waals surface area contributed by atoms with Crippen LogP contribution < -0.4 is 15.2 Å². The first kappa shape index (κ1) is 22.1. The Labute approximate surface area is 190 Å². The SMILES string of the molecule is CC1CCCN(c2ncc(Cl)c(Cc3ccc4c(c3)cc(OCC(=O)O)c(=O)n4C)n2)C1. The number of carboxylic acids is 1. The van der Waals surface area contributed by atoms with Crippen LogP contribution in [-0.2, 0) is 18.3 Å². The van der Waals surface area contributed by atoms with Gasteiger partial charge in [-0.25, -0.2) is 14.8 Å². The van der Waals surface area contributed by atoms with E-state index in [1.165, 1.54) is 11.0 Å². The number of carboxylic acid groups (broad SMARTS) is 1. The molecule has 3 aromatic rings. The van der Waals surface area contributed by atoms with E-state index in [1.807, 2.05) is 18.2 Å². The number of hydrogen-bond acceptors (Lipinski definition) is 6. The van der Waals surface area contributed by atoms with Crippen LogP contribution in [0.25, 0.3) is 10.9 Å². The number of piperidine rings is 1. The molecular formula is C23H25ClN4O4. The molecule has 1 aliphatic rings. The average molecular weight is 457 g/mol. The standard InChI is InChI=1S/C23H25ClN4O4/c1-14-4-3-7-28(12-14)23-25-11-17(24)18(26-23)9-15-5-6-19-16(8-15)10-20(22(31)27(19)2)32-13-21(29)30/h5-6,8,10-11,14H,3-4,7,9,12-13H2,1-2H3,(H,29,30). The number of nitrogens with zero attached hydrogens (tertiary/aromatic N) is 4. The maximum Gasteiger partial charge on any atom is 0.341 e. The lowest BCUT2D eigenvalue weighted by molar-refractivity contribution is -0.139. The van der Waals surface area contributed by atoms with E-state index in [2.05, 4.69) is 16.8 Å². The number of pyridine rings is 1. The lowest BCUT2D eigenvalue weighted by Gasteiger charge is -2.31. The largest absolute Gasteiger partial charge is 0.479 e. The molecule has 32 heavy (non-hydrogen) atoms. The molecule has 1 unspecified atom stereocenters. The van der Waals surface area contributed by atoms with Gasteiger partial charge in [0.15, 0.2) is 12.4 Å². The molecule has 1 atom stereocenters. The van der Waals surface area contributed by atoms with Crippen LogP contribution in [0.2, 0.25) is 5.02 Å². The maximum atomic E-state index is 12.4. The number of fused-ring (bicyclic) bond motifs is 1. The quantitative estimate of drug-likeness (QED) is 0.607. The van der Waals surface area contributed by atoms with E-state index in [0.717, 1.165) is 41.7 Å². The predicted octanol–water partition coefficient (Wildman–Crippen LogP) is 3.27. The number of hydrogen-bond donors (Lipinski definition) is 1. The molecule has 3 heterocycles. The second-order valence-corrected chi connectivity index (χ2v) is 8.69. The smallest absolute Gasteiger partial charge is 0.341 e. The van der Waals surface area contributed by atoms with Crippen LogP contribution in [0, 0.1) is 5.92 Å². The minimum atomic E-state index is -1.14. The monoisotopic (exact) mass is 456 g/mol. The van der Waals surface area contributed by atoms with Gasteiger partial charge in [-0.05, 0) is 42.5 Å². The lowest BCUT2D eigenvalue weighted by atomic mass is 10.0. The van der Waals surface area contributed by atoms with Gasteiger partial charge < -0.3 is 19.3 Å². The molecule has 1 aliphatic heterocycles. The van der Waals surface area contributed by atoms with Gasteiger partial charge in [-0.15, -0.1) is 0 Å². The van der Waals surface area contributed by atoms with Crippen LogP contribution in [0.15, 0.2) is 35.3 Å². The van der Waals surface area contributed by atoms with Gasteiger partial charge in [0, 0.05) is 31.9 Å². The second-order valence-electron chi connectivity index (χ2n) is 8.28. The molecule has 0 radical (unpaired) electrons. The number of aryl methyl sites for hydroxylation is 1. The highest BCUT2D eigenvalue weighted by Crippen LogP contribution is 2.25. The van der Waals surface area contributed by atoms with Crippen molar-refractivity contribution in [2.24, 2.45) is 13.0 Å². The summed E-state index contributed by atoms with van der Waals surface area (Å²) in [5.41, 5.74) is 2.03. The van der Waals surface area contributed by atoms with Crippen molar-refractivity contribution in [3.8, 4) is 5.75 Å². The van der Waals surface area contributed by atoms with Gasteiger partial charge >= 0.3 is 5.97 Å². The molecule has 1 aromatic carbocycles. The Balaban J connectivity index is 1.64. The molecule has 4 rings (SSSR count). The normalized spacial score (nSPS) is 16.3. The summed E-state index contributed by atoms with van der Waals surface area (Å²) in [6, 6.07) is 7.30. The van der Waals surface area contributed by atoms with E-state index in [1.54, 1.807) is 19.3 Å². The van der Waals surface area contributed by atoms with Crippen molar-refractivity contribution in [2.75, 3.05) is 24.6 Å². The van der Waals surface area contributed by atoms with E-state index < -0.39 is 12.6 Å². The van der Waals surface area contributed by atoms with Crippen LogP contribution >= 0.6 is 11.6 Å². The first-order chi connectivity index (χ1) is 15.3. The molecular weight excluding hydrogens is 432 g/mol. The van der Waals surface area contributed by atoms with Crippen LogP contribution in [0.1, 0.15) is 31.0 Å². The summed E-state index contributed by atoms with van der Waals surface area (Å²) in [7, 11) is 1.63. The van der Waals surface area contributed by atoms with Gasteiger partial charge in [-0.3, -0.25) is 4.79 Å². The highest BCUT2D eigenvalue weighted by Gasteiger charge is 2.20. The summed E-state index contributed by atoms with van der Waals surface area (Å²) in [6.07, 6.45) is 4.50. The zero-order valence-corrected chi connectivity index (χ0v) is 18.8. The number of aromatic nitrogens is 3. The molecule has 0 saturated carbocycles. The first-order valence-electron chi connectivity index (χ1n) is 10.6. The van der Waals surface area contributed by atoms with E-state index in [-0.39, 0.29) is 11.3 Å². The van der Waals surface area contributed by atoms with Gasteiger partial charge in [0.2, 0.25) is 5.95 Å². The van der Waals surface area contributed by atoms with Crippen molar-refractivity contribution < 1.29 is 14.6 Å². The first-order valence-corrected chi connectivity index (χ1v) is 10.9. The van der Waals surface area contributed by atoms with Crippen LogP contribution in [0.3, 0.4) is 0 Å². The number of benzene rings is 1. The molecule has 0 aliphatic carbocycles. The zero-order chi connectivity index (χ0) is 22.8. The number of ether oxygens (including phenoxy) is 1. The Bertz CT molecular complexity index is 1230. The van der Waals surface area contributed by atoms with Gasteiger partial charge in [0.05, 0.1) is 22.4 Å². The van der Waals surface area contributed by atoms with Crippen LogP contribution in [0.4, 0.5) is 5.95 Å². The third-order valence-electron chi connectivity index (χ3n) is 5.72. The van der Waals surface area contributed by atoms with Crippen molar-refractivity contribution in [1.82, 2.24) is 14.5 Å². The highest BCUT2D eigenvalue weighted by atomic mass is 35.5. The van der Waals surface area contributed by atoms with Gasteiger partial charge in [0.1, 0.15) is 0 Å². The highest BCUT2D eigenvalue weighted by molar-refractivity contribution is 6.31. The molecule has 0 spiro atoms. The molecule has 0 amide bonds. The molecule has 168 valence electrons. The molecule has 0 bridgehead atoms. The Morgan fingerprint density at radius 1 is 1.34 bits per heavy atom. The van der Waals surface area contributed by atoms with Crippen molar-refractivity contribution in [1.29, 1.82) is 0 Å². The fourth-order valence-electron chi connectivity index (χ4n) is 4.09. The number of anilines is 1. The second kappa shape index (κ2) is 9.16. The maximum absolute atomic E-state index is 12.4. The van der Waals surface area contributed by atoms with Gasteiger partial charge in [-0.2, -0.15) is 0 Å². The molecule has 2 aromatic heterocycles. The third-order valence-corrected chi connectivity index (χ3v) is 6.04. The summed E-state index contributed by atoms with van der Waals surface area (Å²) >= 11 is 6.41. The summed E-state index contributed by atoms with van der Waals surface area (Å²) in [4.78, 5) is 34.6. The third kappa shape index (κ3) is 4.70. The number of aliphatic carboxylic acids is 1. The number of halogens is 1. The summed E-state index contributed by atoms with van der Waals surface area (Å²) in [5, 5.41) is 10.1. The minimum absolute atomic E-state index is 0.00104. The number of rotatable bonds is 6. The van der Waals surface area contributed by atoms with Crippen molar-refractivity contribution >= 4 is 34.4 Å². The Kier molecular flexibility index (Phi) is 6.32. The Morgan fingerprint density at radius 3 is 2.91 bits per heavy atom. The van der Waals surface area contributed by atoms with Crippen molar-refractivity contribution in [3.63, 3.8) is 0 Å². The van der Waals surface area contributed by atoms with E-state index in [4.69, 9.17) is 26.4 Å². The van der Waals surface area contributed by atoms with Crippen LogP contribution in [-0.4, -0.2) is 45.3 Å². The van der Waals surface area contributed by atoms with Crippen LogP contribution in [0.5, 0.6) is 5.75 Å². The number of carbonyl (C=O) groups is 1. The average Bonchev–Trinajstić information content (AvgIpc) is 2.76. The summed E-state index contributed by atoms with van der Waals surface area (Å²) < 4.78 is 6.62. The Hall–Kier alpha value is -3.13. The fourth-order valence-corrected chi connectivity index (χ4v) is 4.25. The van der Waals surface area contributed by atoms with E-state index in [0.29, 0.717) is 23.3 Å². The van der Waals surface area contributed by atoms with E-state index in [9.17, 15) is 9.59 Å². The Morgan fingerprint density at radius 2 is 2.16 bits per heavy atom. The topological polar surface area (TPSA) is 97.6 Å². The van der Waals surface area contributed by atoms with Gasteiger partial charge in [-0.1, -0.05) is 24.6 Å². The molecule has 1 fully saturated rings. The van der Waals surface area contributed by atoms with Gasteiger partial charge in [0.25, 0.3) is 5.56 Å². The zero-order valence-electron chi connectivity index (χ0n) is 18.0. The molecule has 8 nitrogen and oxygen atoms in total. The van der Waals surface area contributed by atoms with Crippen molar-refractivity contribution in [2.45, 2.75) is 26.2 Å². The molecule has 1 saturated heterocycles. The molecule has 1 N–H and O–H groups in total. The predicted molar refractivity (Wildman–Crippen MR) is 123 cm³/mol. The lowest BCUT2D eigenvalue weighted by Crippen LogP contribution is -2.35.